The lowest BCUT2D eigenvalue weighted by atomic mass is 10.2. The van der Waals surface area contributed by atoms with E-state index < -0.39 is 6.04 Å². The average molecular weight is 445 g/mol. The molecule has 1 saturated heterocycles. The third-order valence-corrected chi connectivity index (χ3v) is 7.20. The summed E-state index contributed by atoms with van der Waals surface area (Å²) in [4.78, 5) is 35.5. The molecule has 1 fully saturated rings. The zero-order chi connectivity index (χ0) is 21.4. The topological polar surface area (TPSA) is 67.2 Å². The van der Waals surface area contributed by atoms with Gasteiger partial charge in [0.15, 0.2) is 0 Å². The fraction of sp³-hybridized carbons (Fsp3) is 0.409. The van der Waals surface area contributed by atoms with Crippen LogP contribution in [-0.4, -0.2) is 33.4 Å². The van der Waals surface area contributed by atoms with Crippen LogP contribution in [0.2, 0.25) is 5.02 Å². The van der Waals surface area contributed by atoms with E-state index in [4.69, 9.17) is 16.6 Å². The van der Waals surface area contributed by atoms with Crippen LogP contribution in [-0.2, 0) is 11.3 Å². The van der Waals surface area contributed by atoms with Gasteiger partial charge in [0.25, 0.3) is 5.56 Å². The SMILES string of the molecule is Cc1sc2nc(CN3CCCC3)n(C(C)C(=O)Nc3ccccc3Cl)c(=O)c2c1C. The molecule has 3 aromatic rings. The van der Waals surface area contributed by atoms with Gasteiger partial charge in [-0.05, 0) is 64.4 Å². The Labute approximate surface area is 184 Å². The summed E-state index contributed by atoms with van der Waals surface area (Å²) in [6, 6.07) is 6.36. The van der Waals surface area contributed by atoms with E-state index in [9.17, 15) is 9.59 Å². The fourth-order valence-electron chi connectivity index (χ4n) is 3.92. The van der Waals surface area contributed by atoms with Gasteiger partial charge in [-0.2, -0.15) is 0 Å². The van der Waals surface area contributed by atoms with Crippen molar-refractivity contribution in [1.82, 2.24) is 14.5 Å². The number of benzene rings is 1. The lowest BCUT2D eigenvalue weighted by Gasteiger charge is -2.22. The highest BCUT2D eigenvalue weighted by atomic mass is 35.5. The maximum absolute atomic E-state index is 13.5. The molecule has 0 bridgehead atoms. The van der Waals surface area contributed by atoms with Crippen LogP contribution in [0.3, 0.4) is 0 Å². The summed E-state index contributed by atoms with van der Waals surface area (Å²) in [5, 5.41) is 3.93. The van der Waals surface area contributed by atoms with Crippen LogP contribution in [0.25, 0.3) is 10.2 Å². The number of carbonyl (C=O) groups is 1. The van der Waals surface area contributed by atoms with E-state index in [0.717, 1.165) is 41.2 Å². The molecule has 3 heterocycles. The second-order valence-electron chi connectivity index (χ2n) is 7.79. The molecule has 6 nitrogen and oxygen atoms in total. The molecule has 2 aromatic heterocycles. The second kappa shape index (κ2) is 8.49. The Bertz CT molecular complexity index is 1160. The number of nitrogens with zero attached hydrogens (tertiary/aromatic N) is 3. The number of anilines is 1. The number of hydrogen-bond donors (Lipinski definition) is 1. The van der Waals surface area contributed by atoms with E-state index in [2.05, 4.69) is 10.2 Å². The molecule has 0 aliphatic carbocycles. The molecule has 4 rings (SSSR count). The van der Waals surface area contributed by atoms with Crippen molar-refractivity contribution < 1.29 is 4.79 Å². The molecule has 1 aliphatic rings. The molecule has 1 aliphatic heterocycles. The fourth-order valence-corrected chi connectivity index (χ4v) is 5.14. The summed E-state index contributed by atoms with van der Waals surface area (Å²) in [6.07, 6.45) is 2.29. The number of aryl methyl sites for hydroxylation is 2. The number of halogens is 1. The molecular weight excluding hydrogens is 420 g/mol. The summed E-state index contributed by atoms with van der Waals surface area (Å²) in [6.45, 7) is 8.20. The van der Waals surface area contributed by atoms with Gasteiger partial charge in [0.05, 0.1) is 22.6 Å². The standard InChI is InChI=1S/C22H25ClN4O2S/c1-13-15(3)30-21-19(13)22(29)27(18(25-21)12-26-10-6-7-11-26)14(2)20(28)24-17-9-5-4-8-16(17)23/h4-5,8-9,14H,6-7,10-12H2,1-3H3,(H,24,28). The first kappa shape index (κ1) is 21.0. The number of amides is 1. The number of hydrogen-bond acceptors (Lipinski definition) is 5. The molecule has 0 spiro atoms. The third-order valence-electron chi connectivity index (χ3n) is 5.77. The molecule has 1 amide bonds. The zero-order valence-corrected chi connectivity index (χ0v) is 18.9. The minimum Gasteiger partial charge on any atom is -0.323 e. The number of thiophene rings is 1. The Balaban J connectivity index is 1.77. The summed E-state index contributed by atoms with van der Waals surface area (Å²) in [5.74, 6) is 0.344. The Kier molecular flexibility index (Phi) is 5.95. The van der Waals surface area contributed by atoms with Crippen LogP contribution in [0.4, 0.5) is 5.69 Å². The molecule has 158 valence electrons. The highest BCUT2D eigenvalue weighted by molar-refractivity contribution is 7.18. The van der Waals surface area contributed by atoms with Gasteiger partial charge in [0.1, 0.15) is 16.7 Å². The molecule has 1 unspecified atom stereocenters. The van der Waals surface area contributed by atoms with Gasteiger partial charge in [-0.1, -0.05) is 23.7 Å². The highest BCUT2D eigenvalue weighted by Gasteiger charge is 2.26. The average Bonchev–Trinajstić information content (AvgIpc) is 3.31. The van der Waals surface area contributed by atoms with Crippen molar-refractivity contribution in [2.75, 3.05) is 18.4 Å². The van der Waals surface area contributed by atoms with E-state index >= 15 is 0 Å². The van der Waals surface area contributed by atoms with Crippen LogP contribution in [0, 0.1) is 13.8 Å². The third kappa shape index (κ3) is 3.89. The number of para-hydroxylation sites is 1. The van der Waals surface area contributed by atoms with Crippen molar-refractivity contribution in [2.24, 2.45) is 0 Å². The molecule has 0 radical (unpaired) electrons. The van der Waals surface area contributed by atoms with Gasteiger partial charge in [-0.15, -0.1) is 11.3 Å². The summed E-state index contributed by atoms with van der Waals surface area (Å²) in [5.41, 5.74) is 1.31. The van der Waals surface area contributed by atoms with E-state index in [1.54, 1.807) is 29.7 Å². The number of carbonyl (C=O) groups excluding carboxylic acids is 1. The van der Waals surface area contributed by atoms with Gasteiger partial charge < -0.3 is 5.32 Å². The number of fused-ring (bicyclic) bond motifs is 1. The van der Waals surface area contributed by atoms with Crippen molar-refractivity contribution in [3.05, 3.63) is 55.9 Å². The largest absolute Gasteiger partial charge is 0.323 e. The predicted molar refractivity (Wildman–Crippen MR) is 123 cm³/mol. The number of likely N-dealkylation sites (tertiary alicyclic amines) is 1. The van der Waals surface area contributed by atoms with Crippen LogP contribution in [0.1, 0.15) is 42.1 Å². The molecule has 0 saturated carbocycles. The van der Waals surface area contributed by atoms with E-state index in [1.807, 2.05) is 19.9 Å². The van der Waals surface area contributed by atoms with Crippen LogP contribution < -0.4 is 10.9 Å². The molecule has 8 heteroatoms. The van der Waals surface area contributed by atoms with Crippen LogP contribution in [0.15, 0.2) is 29.1 Å². The molecular formula is C22H25ClN4O2S. The van der Waals surface area contributed by atoms with Crippen molar-refractivity contribution in [2.45, 2.75) is 46.2 Å². The quantitative estimate of drug-likeness (QED) is 0.628. The Morgan fingerprint density at radius 3 is 2.67 bits per heavy atom. The highest BCUT2D eigenvalue weighted by Crippen LogP contribution is 2.28. The van der Waals surface area contributed by atoms with Crippen LogP contribution in [0.5, 0.6) is 0 Å². The van der Waals surface area contributed by atoms with Crippen molar-refractivity contribution in [1.29, 1.82) is 0 Å². The lowest BCUT2D eigenvalue weighted by Crippen LogP contribution is -2.36. The molecule has 1 N–H and O–H groups in total. The Morgan fingerprint density at radius 1 is 1.27 bits per heavy atom. The van der Waals surface area contributed by atoms with Gasteiger partial charge in [0.2, 0.25) is 5.91 Å². The lowest BCUT2D eigenvalue weighted by molar-refractivity contribution is -0.119. The van der Waals surface area contributed by atoms with Crippen molar-refractivity contribution in [3.63, 3.8) is 0 Å². The van der Waals surface area contributed by atoms with E-state index in [1.165, 1.54) is 11.3 Å². The first-order valence-electron chi connectivity index (χ1n) is 10.2. The van der Waals surface area contributed by atoms with Crippen LogP contribution >= 0.6 is 22.9 Å². The summed E-state index contributed by atoms with van der Waals surface area (Å²) in [7, 11) is 0. The summed E-state index contributed by atoms with van der Waals surface area (Å²) < 4.78 is 1.56. The van der Waals surface area contributed by atoms with Gasteiger partial charge in [-0.3, -0.25) is 19.1 Å². The minimum absolute atomic E-state index is 0.155. The first-order chi connectivity index (χ1) is 14.4. The molecule has 1 aromatic carbocycles. The van der Waals surface area contributed by atoms with Gasteiger partial charge in [-0.25, -0.2) is 4.98 Å². The molecule has 1 atom stereocenters. The monoisotopic (exact) mass is 444 g/mol. The molecule has 30 heavy (non-hydrogen) atoms. The van der Waals surface area contributed by atoms with E-state index in [-0.39, 0.29) is 11.5 Å². The van der Waals surface area contributed by atoms with Crippen molar-refractivity contribution >= 4 is 44.7 Å². The Hall–Kier alpha value is -2.22. The normalized spacial score (nSPS) is 15.6. The first-order valence-corrected chi connectivity index (χ1v) is 11.3. The number of nitrogens with one attached hydrogen (secondary N) is 1. The summed E-state index contributed by atoms with van der Waals surface area (Å²) >= 11 is 7.73. The number of rotatable bonds is 5. The maximum Gasteiger partial charge on any atom is 0.263 e. The Morgan fingerprint density at radius 2 is 1.97 bits per heavy atom. The van der Waals surface area contributed by atoms with Gasteiger partial charge >= 0.3 is 0 Å². The predicted octanol–water partition coefficient (Wildman–Crippen LogP) is 4.52. The van der Waals surface area contributed by atoms with E-state index in [0.29, 0.717) is 28.5 Å². The smallest absolute Gasteiger partial charge is 0.263 e. The van der Waals surface area contributed by atoms with Gasteiger partial charge in [0, 0.05) is 4.88 Å². The second-order valence-corrected chi connectivity index (χ2v) is 9.41. The zero-order valence-electron chi connectivity index (χ0n) is 17.4. The number of aromatic nitrogens is 2. The van der Waals surface area contributed by atoms with Crippen molar-refractivity contribution in [3.8, 4) is 0 Å². The maximum atomic E-state index is 13.5. The minimum atomic E-state index is -0.720.